The summed E-state index contributed by atoms with van der Waals surface area (Å²) in [6.07, 6.45) is 2.87. The van der Waals surface area contributed by atoms with Gasteiger partial charge in [-0.15, -0.1) is 0 Å². The molecule has 162 valence electrons. The van der Waals surface area contributed by atoms with Crippen molar-refractivity contribution in [2.75, 3.05) is 27.2 Å². The molecule has 0 aromatic heterocycles. The lowest BCUT2D eigenvalue weighted by Crippen LogP contribution is -2.66. The van der Waals surface area contributed by atoms with Crippen LogP contribution in [0.3, 0.4) is 0 Å². The van der Waals surface area contributed by atoms with Gasteiger partial charge in [0.05, 0.1) is 4.90 Å². The number of aromatic hydroxyl groups is 1. The highest BCUT2D eigenvalue weighted by Crippen LogP contribution is 2.47. The summed E-state index contributed by atoms with van der Waals surface area (Å²) in [4.78, 5) is 5.06. The number of rotatable bonds is 5. The summed E-state index contributed by atoms with van der Waals surface area (Å²) < 4.78 is 22.9. The van der Waals surface area contributed by atoms with Gasteiger partial charge in [-0.25, -0.2) is 13.6 Å². The first-order chi connectivity index (χ1) is 14.1. The van der Waals surface area contributed by atoms with Crippen molar-refractivity contribution in [1.82, 2.24) is 9.80 Å². The monoisotopic (exact) mass is 429 g/mol. The van der Waals surface area contributed by atoms with Crippen molar-refractivity contribution in [2.45, 2.75) is 48.6 Å². The molecule has 6 nitrogen and oxygen atoms in total. The van der Waals surface area contributed by atoms with E-state index in [4.69, 9.17) is 5.14 Å². The largest absolute Gasteiger partial charge is 0.508 e. The zero-order valence-electron chi connectivity index (χ0n) is 17.9. The van der Waals surface area contributed by atoms with Crippen molar-refractivity contribution in [3.63, 3.8) is 0 Å². The Balaban J connectivity index is 1.56. The minimum Gasteiger partial charge on any atom is -0.508 e. The zero-order valence-corrected chi connectivity index (χ0v) is 18.7. The lowest BCUT2D eigenvalue weighted by molar-refractivity contribution is 0.00308. The predicted octanol–water partition coefficient (Wildman–Crippen LogP) is 2.10. The molecule has 0 unspecified atom stereocenters. The van der Waals surface area contributed by atoms with Crippen LogP contribution < -0.4 is 5.14 Å². The number of primary sulfonamides is 1. The van der Waals surface area contributed by atoms with Crippen molar-refractivity contribution in [2.24, 2.45) is 5.14 Å². The number of nitrogens with zero attached hydrogens (tertiary/aromatic N) is 2. The number of hydrogen-bond acceptors (Lipinski definition) is 5. The fraction of sp³-hybridized carbons (Fsp3) is 0.478. The molecule has 3 atom stereocenters. The number of likely N-dealkylation sites (N-methyl/N-ethyl adjacent to an activating group) is 2. The van der Waals surface area contributed by atoms with E-state index < -0.39 is 10.0 Å². The number of likely N-dealkylation sites (tertiary alicyclic amines) is 1. The van der Waals surface area contributed by atoms with Gasteiger partial charge in [0.25, 0.3) is 0 Å². The van der Waals surface area contributed by atoms with E-state index in [2.05, 4.69) is 36.9 Å². The highest BCUT2D eigenvalue weighted by Gasteiger charge is 2.51. The van der Waals surface area contributed by atoms with E-state index in [1.807, 2.05) is 18.2 Å². The summed E-state index contributed by atoms with van der Waals surface area (Å²) in [6, 6.07) is 13.5. The molecular weight excluding hydrogens is 398 g/mol. The van der Waals surface area contributed by atoms with Crippen molar-refractivity contribution in [3.8, 4) is 5.75 Å². The Morgan fingerprint density at radius 1 is 1.23 bits per heavy atom. The SMILES string of the molecule is CN1CC[C@@]2(C)c3cc(O)ccc3C[C@@H]1[C@H]2N(C)CCc1ccc(S(N)(=O)=O)cc1. The van der Waals surface area contributed by atoms with Gasteiger partial charge >= 0.3 is 0 Å². The van der Waals surface area contributed by atoms with E-state index >= 15 is 0 Å². The summed E-state index contributed by atoms with van der Waals surface area (Å²) in [7, 11) is 0.732. The van der Waals surface area contributed by atoms with Gasteiger partial charge in [-0.1, -0.05) is 25.1 Å². The molecule has 0 spiro atoms. The lowest BCUT2D eigenvalue weighted by Gasteiger charge is -2.57. The average molecular weight is 430 g/mol. The molecule has 1 aliphatic heterocycles. The standard InChI is InChI=1S/C23H31N3O3S/c1-23-11-13-25(2)21(14-17-6-7-18(27)15-20(17)23)22(23)26(3)12-10-16-4-8-19(9-5-16)30(24,28)29/h4-9,15,21-22,27H,10-14H2,1-3H3,(H2,24,28,29)/t21-,22-,23+/m1/s1. The van der Waals surface area contributed by atoms with Crippen molar-refractivity contribution in [1.29, 1.82) is 0 Å². The molecule has 2 aromatic carbocycles. The molecule has 30 heavy (non-hydrogen) atoms. The number of hydrogen-bond donors (Lipinski definition) is 2. The highest BCUT2D eigenvalue weighted by molar-refractivity contribution is 7.89. The third-order valence-electron chi connectivity index (χ3n) is 7.18. The van der Waals surface area contributed by atoms with Crippen LogP contribution in [0.2, 0.25) is 0 Å². The number of phenols is 1. The maximum absolute atomic E-state index is 11.5. The third kappa shape index (κ3) is 3.75. The van der Waals surface area contributed by atoms with Crippen molar-refractivity contribution in [3.05, 3.63) is 59.2 Å². The molecule has 0 saturated carbocycles. The predicted molar refractivity (Wildman–Crippen MR) is 118 cm³/mol. The maximum atomic E-state index is 11.5. The number of sulfonamides is 1. The Morgan fingerprint density at radius 2 is 1.93 bits per heavy atom. The van der Waals surface area contributed by atoms with Gasteiger partial charge in [0, 0.05) is 24.0 Å². The van der Waals surface area contributed by atoms with E-state index in [0.717, 1.165) is 37.9 Å². The summed E-state index contributed by atoms with van der Waals surface area (Å²) in [5.74, 6) is 0.337. The van der Waals surface area contributed by atoms with E-state index in [0.29, 0.717) is 17.8 Å². The van der Waals surface area contributed by atoms with Gasteiger partial charge in [-0.2, -0.15) is 0 Å². The minimum atomic E-state index is -3.66. The van der Waals surface area contributed by atoms with Gasteiger partial charge in [0.1, 0.15) is 5.75 Å². The molecule has 1 fully saturated rings. The van der Waals surface area contributed by atoms with Gasteiger partial charge in [0.15, 0.2) is 0 Å². The van der Waals surface area contributed by atoms with Gasteiger partial charge < -0.3 is 14.9 Å². The van der Waals surface area contributed by atoms with Gasteiger partial charge in [-0.05, 0) is 80.9 Å². The van der Waals surface area contributed by atoms with Gasteiger partial charge in [0.2, 0.25) is 10.0 Å². The molecule has 0 radical (unpaired) electrons. The molecule has 1 heterocycles. The molecule has 2 aliphatic rings. The smallest absolute Gasteiger partial charge is 0.238 e. The van der Waals surface area contributed by atoms with E-state index in [9.17, 15) is 13.5 Å². The van der Waals surface area contributed by atoms with Crippen LogP contribution in [0.25, 0.3) is 0 Å². The van der Waals surface area contributed by atoms with E-state index in [1.54, 1.807) is 18.2 Å². The number of piperidine rings is 1. The Morgan fingerprint density at radius 3 is 2.60 bits per heavy atom. The first-order valence-corrected chi connectivity index (χ1v) is 12.0. The topological polar surface area (TPSA) is 86.9 Å². The Bertz CT molecular complexity index is 1040. The first kappa shape index (κ1) is 21.3. The molecule has 4 rings (SSSR count). The Labute approximate surface area is 179 Å². The second-order valence-corrected chi connectivity index (χ2v) is 10.7. The van der Waals surface area contributed by atoms with Crippen LogP contribution in [0.5, 0.6) is 5.75 Å². The van der Waals surface area contributed by atoms with Crippen LogP contribution in [0.4, 0.5) is 0 Å². The Kier molecular flexibility index (Phi) is 5.43. The van der Waals surface area contributed by atoms with Crippen molar-refractivity contribution < 1.29 is 13.5 Å². The quantitative estimate of drug-likeness (QED) is 0.760. The maximum Gasteiger partial charge on any atom is 0.238 e. The number of fused-ring (bicyclic) bond motifs is 4. The summed E-state index contributed by atoms with van der Waals surface area (Å²) in [5, 5.41) is 15.3. The van der Waals surface area contributed by atoms with Crippen LogP contribution in [-0.4, -0.2) is 62.6 Å². The molecule has 7 heteroatoms. The number of phenolic OH excluding ortho intramolecular Hbond substituents is 1. The molecule has 1 saturated heterocycles. The van der Waals surface area contributed by atoms with Gasteiger partial charge in [-0.3, -0.25) is 0 Å². The molecule has 0 amide bonds. The molecule has 1 aliphatic carbocycles. The minimum absolute atomic E-state index is 0.0181. The van der Waals surface area contributed by atoms with Crippen LogP contribution in [-0.2, 0) is 28.3 Å². The Hall–Kier alpha value is -1.93. The van der Waals surface area contributed by atoms with Crippen molar-refractivity contribution >= 4 is 10.0 Å². The van der Waals surface area contributed by atoms with Crippen LogP contribution >= 0.6 is 0 Å². The van der Waals surface area contributed by atoms with Crippen LogP contribution in [0.15, 0.2) is 47.4 Å². The van der Waals surface area contributed by atoms with E-state index in [-0.39, 0.29) is 10.3 Å². The normalized spacial score (nSPS) is 26.6. The molecule has 2 bridgehead atoms. The molecule has 3 N–H and O–H groups in total. The van der Waals surface area contributed by atoms with Crippen LogP contribution in [0.1, 0.15) is 30.0 Å². The van der Waals surface area contributed by atoms with E-state index in [1.165, 1.54) is 11.1 Å². The second kappa shape index (κ2) is 7.64. The fourth-order valence-corrected chi connectivity index (χ4v) is 6.03. The highest BCUT2D eigenvalue weighted by atomic mass is 32.2. The number of nitrogens with two attached hydrogens (primary N) is 1. The summed E-state index contributed by atoms with van der Waals surface area (Å²) in [6.45, 7) is 4.26. The molecular formula is C23H31N3O3S. The fourth-order valence-electron chi connectivity index (χ4n) is 5.52. The lowest BCUT2D eigenvalue weighted by atomic mass is 9.61. The van der Waals surface area contributed by atoms with Crippen LogP contribution in [0, 0.1) is 0 Å². The summed E-state index contributed by atoms with van der Waals surface area (Å²) >= 11 is 0. The average Bonchev–Trinajstić information content (AvgIpc) is 2.69. The third-order valence-corrected chi connectivity index (χ3v) is 8.11. The number of benzene rings is 2. The summed E-state index contributed by atoms with van der Waals surface area (Å²) in [5.41, 5.74) is 3.69. The zero-order chi connectivity index (χ0) is 21.7. The first-order valence-electron chi connectivity index (χ1n) is 10.4. The molecule has 2 aromatic rings. The second-order valence-electron chi connectivity index (χ2n) is 9.13.